The number of likely N-dealkylation sites (tertiary alicyclic amines) is 1. The van der Waals surface area contributed by atoms with Crippen LogP contribution in [0, 0.1) is 0 Å². The minimum Gasteiger partial charge on any atom is -0.440 e. The van der Waals surface area contributed by atoms with Gasteiger partial charge in [0.15, 0.2) is 11.5 Å². The number of nitrogens with zero attached hydrogens (tertiary/aromatic N) is 2. The second kappa shape index (κ2) is 7.09. The number of amides is 2. The van der Waals surface area contributed by atoms with E-state index in [2.05, 4.69) is 10.3 Å². The molecule has 2 aromatic rings. The van der Waals surface area contributed by atoms with Crippen LogP contribution in [-0.4, -0.2) is 34.3 Å². The molecule has 1 aromatic carbocycles. The molecule has 4 rings (SSSR count). The third-order valence-electron chi connectivity index (χ3n) is 5.19. The molecule has 2 fully saturated rings. The van der Waals surface area contributed by atoms with E-state index in [1.54, 1.807) is 4.90 Å². The molecule has 1 saturated carbocycles. The minimum atomic E-state index is -0.379. The van der Waals surface area contributed by atoms with Crippen LogP contribution in [0.3, 0.4) is 0 Å². The second-order valence-corrected chi connectivity index (χ2v) is 7.35. The third-order valence-corrected chi connectivity index (χ3v) is 5.19. The fraction of sp³-hybridized carbons (Fsp3) is 0.550. The Morgan fingerprint density at radius 3 is 2.88 bits per heavy atom. The topological polar surface area (TPSA) is 75.4 Å². The van der Waals surface area contributed by atoms with Crippen LogP contribution in [0.1, 0.15) is 63.7 Å². The number of rotatable bonds is 5. The molecule has 0 bridgehead atoms. The summed E-state index contributed by atoms with van der Waals surface area (Å²) in [5.74, 6) is 1.22. The van der Waals surface area contributed by atoms with Crippen LogP contribution < -0.4 is 5.32 Å². The summed E-state index contributed by atoms with van der Waals surface area (Å²) in [7, 11) is 0. The molecule has 1 aromatic heterocycles. The van der Waals surface area contributed by atoms with E-state index < -0.39 is 0 Å². The van der Waals surface area contributed by atoms with Crippen LogP contribution in [0.4, 0.5) is 5.69 Å². The maximum absolute atomic E-state index is 12.8. The fourth-order valence-corrected chi connectivity index (χ4v) is 3.61. The zero-order valence-corrected chi connectivity index (χ0v) is 15.2. The number of nitrogens with one attached hydrogen (secondary N) is 1. The highest BCUT2D eigenvalue weighted by atomic mass is 16.3. The molecule has 0 radical (unpaired) electrons. The van der Waals surface area contributed by atoms with E-state index >= 15 is 0 Å². The van der Waals surface area contributed by atoms with E-state index in [0.29, 0.717) is 30.2 Å². The Labute approximate surface area is 152 Å². The molecule has 1 atom stereocenters. The van der Waals surface area contributed by atoms with E-state index in [1.807, 2.05) is 25.1 Å². The smallest absolute Gasteiger partial charge is 0.247 e. The largest absolute Gasteiger partial charge is 0.440 e. The Morgan fingerprint density at radius 1 is 1.27 bits per heavy atom. The van der Waals surface area contributed by atoms with Crippen molar-refractivity contribution in [3.05, 3.63) is 24.1 Å². The van der Waals surface area contributed by atoms with Crippen molar-refractivity contribution >= 4 is 28.6 Å². The van der Waals surface area contributed by atoms with Crippen LogP contribution in [0.2, 0.25) is 0 Å². The standard InChI is InChI=1S/C20H25N3O3/c1-2-5-18(24)23-11-4-3-6-16(23)19(25)21-14-9-10-15-17(12-14)26-20(22-15)13-7-8-13/h9-10,12-13,16H,2-8,11H2,1H3,(H,21,25). The van der Waals surface area contributed by atoms with Crippen LogP contribution in [0.25, 0.3) is 11.1 Å². The van der Waals surface area contributed by atoms with Gasteiger partial charge in [0.25, 0.3) is 0 Å². The third kappa shape index (κ3) is 3.45. The van der Waals surface area contributed by atoms with Crippen molar-refractivity contribution in [1.29, 1.82) is 0 Å². The van der Waals surface area contributed by atoms with E-state index in [1.165, 1.54) is 0 Å². The van der Waals surface area contributed by atoms with Gasteiger partial charge in [-0.1, -0.05) is 6.92 Å². The molecule has 1 aliphatic heterocycles. The summed E-state index contributed by atoms with van der Waals surface area (Å²) in [6, 6.07) is 5.17. The van der Waals surface area contributed by atoms with Crippen LogP contribution in [0.5, 0.6) is 0 Å². The SMILES string of the molecule is CCCC(=O)N1CCCCC1C(=O)Nc1ccc2nc(C3CC3)oc2c1. The van der Waals surface area contributed by atoms with Gasteiger partial charge < -0.3 is 14.6 Å². The molecule has 1 aliphatic carbocycles. The Bertz CT molecular complexity index is 825. The number of anilines is 1. The molecule has 6 heteroatoms. The van der Waals surface area contributed by atoms with Crippen molar-refractivity contribution in [2.75, 3.05) is 11.9 Å². The van der Waals surface area contributed by atoms with Gasteiger partial charge in [-0.15, -0.1) is 0 Å². The molecule has 0 spiro atoms. The Hall–Kier alpha value is -2.37. The Kier molecular flexibility index (Phi) is 4.66. The van der Waals surface area contributed by atoms with Crippen LogP contribution >= 0.6 is 0 Å². The number of piperidine rings is 1. The van der Waals surface area contributed by atoms with E-state index in [9.17, 15) is 9.59 Å². The molecular weight excluding hydrogens is 330 g/mol. The highest BCUT2D eigenvalue weighted by molar-refractivity contribution is 5.98. The van der Waals surface area contributed by atoms with Gasteiger partial charge in [-0.25, -0.2) is 4.98 Å². The number of hydrogen-bond acceptors (Lipinski definition) is 4. The number of benzene rings is 1. The zero-order chi connectivity index (χ0) is 18.1. The number of carbonyl (C=O) groups excluding carboxylic acids is 2. The van der Waals surface area contributed by atoms with Crippen molar-refractivity contribution in [2.45, 2.75) is 63.8 Å². The summed E-state index contributed by atoms with van der Waals surface area (Å²) in [5.41, 5.74) is 2.21. The highest BCUT2D eigenvalue weighted by Crippen LogP contribution is 2.40. The number of fused-ring (bicyclic) bond motifs is 1. The van der Waals surface area contributed by atoms with E-state index in [-0.39, 0.29) is 17.9 Å². The summed E-state index contributed by atoms with van der Waals surface area (Å²) >= 11 is 0. The summed E-state index contributed by atoms with van der Waals surface area (Å²) in [6.45, 7) is 2.66. The van der Waals surface area contributed by atoms with Gasteiger partial charge in [0.05, 0.1) is 0 Å². The lowest BCUT2D eigenvalue weighted by Crippen LogP contribution is -2.49. The van der Waals surface area contributed by atoms with Gasteiger partial charge in [0.1, 0.15) is 11.6 Å². The first-order chi connectivity index (χ1) is 12.7. The molecule has 2 amide bonds. The van der Waals surface area contributed by atoms with Crippen molar-refractivity contribution in [3.63, 3.8) is 0 Å². The van der Waals surface area contributed by atoms with Gasteiger partial charge in [0, 0.05) is 30.6 Å². The number of oxazole rings is 1. The van der Waals surface area contributed by atoms with E-state index in [4.69, 9.17) is 4.42 Å². The van der Waals surface area contributed by atoms with Crippen LogP contribution in [0.15, 0.2) is 22.6 Å². The van der Waals surface area contributed by atoms with Crippen molar-refractivity contribution < 1.29 is 14.0 Å². The number of aromatic nitrogens is 1. The summed E-state index contributed by atoms with van der Waals surface area (Å²) in [6.07, 6.45) is 6.23. The number of carbonyl (C=O) groups is 2. The first-order valence-electron chi connectivity index (χ1n) is 9.66. The quantitative estimate of drug-likeness (QED) is 0.884. The Morgan fingerprint density at radius 2 is 2.12 bits per heavy atom. The lowest BCUT2D eigenvalue weighted by atomic mass is 10.0. The van der Waals surface area contributed by atoms with Crippen molar-refractivity contribution in [1.82, 2.24) is 9.88 Å². The molecule has 6 nitrogen and oxygen atoms in total. The molecule has 2 aliphatic rings. The molecule has 1 saturated heterocycles. The summed E-state index contributed by atoms with van der Waals surface area (Å²) < 4.78 is 5.82. The zero-order valence-electron chi connectivity index (χ0n) is 15.2. The number of hydrogen-bond donors (Lipinski definition) is 1. The molecule has 2 heterocycles. The highest BCUT2D eigenvalue weighted by Gasteiger charge is 2.32. The van der Waals surface area contributed by atoms with Gasteiger partial charge in [-0.3, -0.25) is 9.59 Å². The van der Waals surface area contributed by atoms with Gasteiger partial charge >= 0.3 is 0 Å². The maximum atomic E-state index is 12.8. The lowest BCUT2D eigenvalue weighted by Gasteiger charge is -2.34. The average molecular weight is 355 g/mol. The predicted octanol–water partition coefficient (Wildman–Crippen LogP) is 3.82. The van der Waals surface area contributed by atoms with Gasteiger partial charge in [-0.2, -0.15) is 0 Å². The lowest BCUT2D eigenvalue weighted by molar-refractivity contribution is -0.140. The second-order valence-electron chi connectivity index (χ2n) is 7.35. The molecule has 26 heavy (non-hydrogen) atoms. The van der Waals surface area contributed by atoms with E-state index in [0.717, 1.165) is 49.9 Å². The average Bonchev–Trinajstić information content (AvgIpc) is 3.41. The summed E-state index contributed by atoms with van der Waals surface area (Å²) in [5, 5.41) is 2.96. The first-order valence-corrected chi connectivity index (χ1v) is 9.66. The minimum absolute atomic E-state index is 0.0760. The normalized spacial score (nSPS) is 20.3. The maximum Gasteiger partial charge on any atom is 0.247 e. The molecule has 138 valence electrons. The first kappa shape index (κ1) is 17.1. The van der Waals surface area contributed by atoms with Crippen LogP contribution in [-0.2, 0) is 9.59 Å². The van der Waals surface area contributed by atoms with Crippen molar-refractivity contribution in [2.24, 2.45) is 0 Å². The summed E-state index contributed by atoms with van der Waals surface area (Å²) in [4.78, 5) is 31.4. The molecular formula is C20H25N3O3. The van der Waals surface area contributed by atoms with Gasteiger partial charge in [0.2, 0.25) is 11.8 Å². The van der Waals surface area contributed by atoms with Gasteiger partial charge in [-0.05, 0) is 50.7 Å². The fourth-order valence-electron chi connectivity index (χ4n) is 3.61. The predicted molar refractivity (Wildman–Crippen MR) is 98.9 cm³/mol. The molecule has 1 N–H and O–H groups in total. The molecule has 1 unspecified atom stereocenters. The van der Waals surface area contributed by atoms with Crippen molar-refractivity contribution in [3.8, 4) is 0 Å². The monoisotopic (exact) mass is 355 g/mol. The Balaban J connectivity index is 1.49.